The van der Waals surface area contributed by atoms with Crippen LogP contribution in [0.1, 0.15) is 33.1 Å². The van der Waals surface area contributed by atoms with E-state index in [9.17, 15) is 0 Å². The standard InChI is InChI=1S/C12H23NO/c1-5-13(9-12-6-7-12)10(2)8-11(3)14-4/h11-12H,2,5-9H2,1,3-4H3. The van der Waals surface area contributed by atoms with E-state index in [0.717, 1.165) is 18.9 Å². The van der Waals surface area contributed by atoms with Gasteiger partial charge in [0, 0.05) is 32.3 Å². The quantitative estimate of drug-likeness (QED) is 0.622. The van der Waals surface area contributed by atoms with Crippen LogP contribution in [0.5, 0.6) is 0 Å². The van der Waals surface area contributed by atoms with Crippen LogP contribution in [0.15, 0.2) is 12.3 Å². The van der Waals surface area contributed by atoms with Gasteiger partial charge in [0.05, 0.1) is 6.10 Å². The van der Waals surface area contributed by atoms with Gasteiger partial charge in [-0.05, 0) is 32.6 Å². The van der Waals surface area contributed by atoms with Crippen molar-refractivity contribution in [2.24, 2.45) is 5.92 Å². The SMILES string of the molecule is C=C(CC(C)OC)N(CC)CC1CC1. The zero-order valence-electron chi connectivity index (χ0n) is 9.75. The van der Waals surface area contributed by atoms with E-state index in [2.05, 4.69) is 25.3 Å². The molecule has 1 rings (SSSR count). The molecule has 0 amide bonds. The number of hydrogen-bond acceptors (Lipinski definition) is 2. The first-order valence-corrected chi connectivity index (χ1v) is 5.62. The van der Waals surface area contributed by atoms with Crippen LogP contribution < -0.4 is 0 Å². The first kappa shape index (κ1) is 11.6. The molecular weight excluding hydrogens is 174 g/mol. The Hall–Kier alpha value is -0.500. The van der Waals surface area contributed by atoms with Gasteiger partial charge in [-0.2, -0.15) is 0 Å². The molecule has 0 spiro atoms. The molecule has 0 saturated heterocycles. The van der Waals surface area contributed by atoms with Gasteiger partial charge in [0.25, 0.3) is 0 Å². The third kappa shape index (κ3) is 3.70. The minimum atomic E-state index is 0.288. The van der Waals surface area contributed by atoms with Crippen molar-refractivity contribution in [2.75, 3.05) is 20.2 Å². The topological polar surface area (TPSA) is 12.5 Å². The van der Waals surface area contributed by atoms with Crippen molar-refractivity contribution in [3.05, 3.63) is 12.3 Å². The van der Waals surface area contributed by atoms with Gasteiger partial charge in [-0.3, -0.25) is 0 Å². The van der Waals surface area contributed by atoms with E-state index in [1.54, 1.807) is 7.11 Å². The van der Waals surface area contributed by atoms with Gasteiger partial charge in [-0.1, -0.05) is 6.58 Å². The molecule has 14 heavy (non-hydrogen) atoms. The van der Waals surface area contributed by atoms with Crippen LogP contribution >= 0.6 is 0 Å². The monoisotopic (exact) mass is 197 g/mol. The van der Waals surface area contributed by atoms with Crippen LogP contribution in [-0.4, -0.2) is 31.2 Å². The fourth-order valence-corrected chi connectivity index (χ4v) is 1.64. The molecule has 2 nitrogen and oxygen atoms in total. The van der Waals surface area contributed by atoms with Crippen molar-refractivity contribution in [3.8, 4) is 0 Å². The number of hydrogen-bond donors (Lipinski definition) is 0. The molecule has 0 radical (unpaired) electrons. The van der Waals surface area contributed by atoms with Gasteiger partial charge in [-0.25, -0.2) is 0 Å². The smallest absolute Gasteiger partial charge is 0.0597 e. The molecule has 0 N–H and O–H groups in total. The Labute approximate surface area is 87.9 Å². The molecule has 0 heterocycles. The lowest BCUT2D eigenvalue weighted by Gasteiger charge is -2.26. The van der Waals surface area contributed by atoms with Gasteiger partial charge >= 0.3 is 0 Å². The molecule has 1 aliphatic carbocycles. The van der Waals surface area contributed by atoms with E-state index in [-0.39, 0.29) is 6.10 Å². The maximum Gasteiger partial charge on any atom is 0.0597 e. The molecule has 1 atom stereocenters. The van der Waals surface area contributed by atoms with Gasteiger partial charge in [0.2, 0.25) is 0 Å². The van der Waals surface area contributed by atoms with Crippen molar-refractivity contribution in [3.63, 3.8) is 0 Å². The average molecular weight is 197 g/mol. The lowest BCUT2D eigenvalue weighted by atomic mass is 10.2. The molecule has 0 aromatic heterocycles. The summed E-state index contributed by atoms with van der Waals surface area (Å²) in [4.78, 5) is 2.40. The maximum absolute atomic E-state index is 5.25. The summed E-state index contributed by atoms with van der Waals surface area (Å²) < 4.78 is 5.25. The normalized spacial score (nSPS) is 17.9. The second-order valence-corrected chi connectivity index (χ2v) is 4.30. The van der Waals surface area contributed by atoms with Crippen LogP contribution in [0.3, 0.4) is 0 Å². The van der Waals surface area contributed by atoms with Crippen molar-refractivity contribution in [1.82, 2.24) is 4.90 Å². The highest BCUT2D eigenvalue weighted by atomic mass is 16.5. The van der Waals surface area contributed by atoms with E-state index in [4.69, 9.17) is 4.74 Å². The molecule has 0 aliphatic heterocycles. The van der Waals surface area contributed by atoms with Crippen LogP contribution in [-0.2, 0) is 4.74 Å². The summed E-state index contributed by atoms with van der Waals surface area (Å²) in [5.74, 6) is 0.935. The Balaban J connectivity index is 2.30. The largest absolute Gasteiger partial charge is 0.381 e. The lowest BCUT2D eigenvalue weighted by Crippen LogP contribution is -2.26. The second kappa shape index (κ2) is 5.40. The first-order valence-electron chi connectivity index (χ1n) is 5.62. The summed E-state index contributed by atoms with van der Waals surface area (Å²) in [6.07, 6.45) is 4.06. The van der Waals surface area contributed by atoms with E-state index in [1.165, 1.54) is 25.1 Å². The third-order valence-corrected chi connectivity index (χ3v) is 2.93. The Bertz CT molecular complexity index is 187. The highest BCUT2D eigenvalue weighted by molar-refractivity contribution is 4.97. The van der Waals surface area contributed by atoms with Gasteiger partial charge in [-0.15, -0.1) is 0 Å². The molecular formula is C12H23NO. The zero-order valence-corrected chi connectivity index (χ0v) is 9.75. The molecule has 0 aromatic carbocycles. The van der Waals surface area contributed by atoms with Gasteiger partial charge in [0.1, 0.15) is 0 Å². The molecule has 1 unspecified atom stereocenters. The summed E-state index contributed by atoms with van der Waals surface area (Å²) in [5.41, 5.74) is 1.23. The highest BCUT2D eigenvalue weighted by Gasteiger charge is 2.24. The van der Waals surface area contributed by atoms with Crippen LogP contribution in [0.2, 0.25) is 0 Å². The molecule has 0 bridgehead atoms. The summed E-state index contributed by atoms with van der Waals surface area (Å²) in [5, 5.41) is 0. The van der Waals surface area contributed by atoms with E-state index in [0.29, 0.717) is 0 Å². The average Bonchev–Trinajstić information content (AvgIpc) is 2.97. The maximum atomic E-state index is 5.25. The van der Waals surface area contributed by atoms with Crippen molar-refractivity contribution >= 4 is 0 Å². The molecule has 1 fully saturated rings. The van der Waals surface area contributed by atoms with E-state index >= 15 is 0 Å². The molecule has 1 aliphatic rings. The fourth-order valence-electron chi connectivity index (χ4n) is 1.64. The Kier molecular flexibility index (Phi) is 4.46. The lowest BCUT2D eigenvalue weighted by molar-refractivity contribution is 0.111. The van der Waals surface area contributed by atoms with Crippen LogP contribution in [0, 0.1) is 5.92 Å². The fraction of sp³-hybridized carbons (Fsp3) is 0.833. The zero-order chi connectivity index (χ0) is 10.6. The van der Waals surface area contributed by atoms with E-state index in [1.807, 2.05) is 0 Å². The third-order valence-electron chi connectivity index (χ3n) is 2.93. The summed E-state index contributed by atoms with van der Waals surface area (Å²) in [6, 6.07) is 0. The minimum Gasteiger partial charge on any atom is -0.381 e. The number of ether oxygens (including phenoxy) is 1. The Morgan fingerprint density at radius 3 is 2.64 bits per heavy atom. The Morgan fingerprint density at radius 1 is 1.57 bits per heavy atom. The molecule has 1 saturated carbocycles. The van der Waals surface area contributed by atoms with Crippen molar-refractivity contribution in [1.29, 1.82) is 0 Å². The van der Waals surface area contributed by atoms with Gasteiger partial charge < -0.3 is 9.64 Å². The number of methoxy groups -OCH3 is 1. The van der Waals surface area contributed by atoms with Gasteiger partial charge in [0.15, 0.2) is 0 Å². The molecule has 0 aromatic rings. The Morgan fingerprint density at radius 2 is 2.21 bits per heavy atom. The highest BCUT2D eigenvalue weighted by Crippen LogP contribution is 2.31. The summed E-state index contributed by atoms with van der Waals surface area (Å²) >= 11 is 0. The van der Waals surface area contributed by atoms with Crippen molar-refractivity contribution < 1.29 is 4.74 Å². The van der Waals surface area contributed by atoms with E-state index < -0.39 is 0 Å². The predicted octanol–water partition coefficient (Wildman–Crippen LogP) is 2.66. The molecule has 2 heteroatoms. The van der Waals surface area contributed by atoms with Crippen LogP contribution in [0.4, 0.5) is 0 Å². The summed E-state index contributed by atoms with van der Waals surface area (Å²) in [6.45, 7) is 10.7. The number of nitrogens with zero attached hydrogens (tertiary/aromatic N) is 1. The van der Waals surface area contributed by atoms with Crippen LogP contribution in [0.25, 0.3) is 0 Å². The summed E-state index contributed by atoms with van der Waals surface area (Å²) in [7, 11) is 1.76. The molecule has 82 valence electrons. The predicted molar refractivity (Wildman–Crippen MR) is 60.2 cm³/mol. The van der Waals surface area contributed by atoms with Crippen molar-refractivity contribution in [2.45, 2.75) is 39.2 Å². The minimum absolute atomic E-state index is 0.288. The second-order valence-electron chi connectivity index (χ2n) is 4.30. The first-order chi connectivity index (χ1) is 6.67. The number of rotatable bonds is 7.